The molecule has 62 heteroatoms. The Morgan fingerprint density at radius 2 is 1.06 bits per heavy atom. The van der Waals surface area contributed by atoms with Crippen LogP contribution in [0.3, 0.4) is 0 Å². The number of nitrogens with two attached hydrogens (primary N) is 2. The number of carboxylic acids is 4. The van der Waals surface area contributed by atoms with Crippen LogP contribution in [-0.4, -0.2) is 252 Å². The Labute approximate surface area is 724 Å². The second-order valence-corrected chi connectivity index (χ2v) is 40.8. The van der Waals surface area contributed by atoms with Crippen LogP contribution in [0.25, 0.3) is 5.57 Å². The molecule has 23 N–H and O–H groups in total. The molecule has 125 heavy (non-hydrogen) atoms. The Morgan fingerprint density at radius 3 is 1.52 bits per heavy atom. The topological polar surface area (TPSA) is 837 Å². The molecule has 0 bridgehead atoms. The minimum atomic E-state index is -5.81. The van der Waals surface area contributed by atoms with Crippen LogP contribution in [0.5, 0.6) is 0 Å². The number of nitrogen functional groups attached to an aromatic ring is 2. The number of nitrogens with one attached hydrogen (secondary N) is 5. The summed E-state index contributed by atoms with van der Waals surface area (Å²) in [6.45, 7) is 3.06. The maximum atomic E-state index is 13.1. The minimum absolute atomic E-state index is 0.00738. The van der Waals surface area contributed by atoms with Crippen LogP contribution in [0.4, 0.5) is 11.8 Å². The Morgan fingerprint density at radius 1 is 0.600 bits per heavy atom. The number of hydrogen-bond acceptors (Lipinski definition) is 38. The van der Waals surface area contributed by atoms with Crippen molar-refractivity contribution < 1.29 is 190 Å². The summed E-state index contributed by atoms with van der Waals surface area (Å²) in [6.07, 6.45) is -7.78. The molecule has 52 nitrogen and oxygen atoms in total. The molecule has 2 saturated heterocycles. The number of nitrogens with zero attached hydrogens (tertiary/aromatic N) is 3. The van der Waals surface area contributed by atoms with E-state index < -0.39 is 247 Å². The van der Waals surface area contributed by atoms with Gasteiger partial charge in [0.1, 0.15) is 42.0 Å². The van der Waals surface area contributed by atoms with E-state index in [9.17, 15) is 140 Å². The zero-order valence-corrected chi connectivity index (χ0v) is 74.6. The Bertz CT molecular complexity index is 4820. The molecule has 1 aliphatic carbocycles. The molecule has 4 amide bonds. The number of anilines is 2. The number of Topliss-reactive ketones (excluding diaryl/α,β-unsaturated/α-hetero) is 2. The number of H-pyrrole nitrogens is 1. The van der Waals surface area contributed by atoms with E-state index in [1.807, 2.05) is 0 Å². The van der Waals surface area contributed by atoms with E-state index in [1.165, 1.54) is 76.9 Å². The number of carbonyl (C=O) groups excluding carboxylic acids is 7. The first-order chi connectivity index (χ1) is 58.0. The predicted octanol–water partition coefficient (Wildman–Crippen LogP) is 0.582. The Hall–Kier alpha value is -7.15. The smallest absolute Gasteiger partial charge is 0.481 e. The molecule has 2 aromatic heterocycles. The molecule has 2 aromatic rings. The van der Waals surface area contributed by atoms with Crippen LogP contribution in [0.15, 0.2) is 21.7 Å². The number of aromatic amines is 1. The summed E-state index contributed by atoms with van der Waals surface area (Å²) in [4.78, 5) is 242. The number of aliphatic hydroxyl groups is 2. The molecule has 2 fully saturated rings. The number of phosphoric ester groups is 2. The van der Waals surface area contributed by atoms with Crippen LogP contribution in [-0.2, 0) is 121 Å². The molecule has 0 aromatic carbocycles. The van der Waals surface area contributed by atoms with Gasteiger partial charge in [-0.05, 0) is 50.9 Å². The lowest BCUT2D eigenvalue weighted by molar-refractivity contribution is -0.145. The van der Waals surface area contributed by atoms with Gasteiger partial charge in [-0.2, -0.15) is 22.2 Å². The van der Waals surface area contributed by atoms with Gasteiger partial charge in [0, 0.05) is 80.8 Å². The summed E-state index contributed by atoms with van der Waals surface area (Å²) in [5.41, 5.74) is 10.2. The number of phosphoric acid groups is 6. The number of allylic oxidation sites excluding steroid dienone is 1. The first-order valence-electron chi connectivity index (χ1n) is 36.5. The highest BCUT2D eigenvalue weighted by atomic mass is 33.1. The molecule has 0 radical (unpaired) electrons. The fraction of sp³-hybridized carbons (Fsp3) is 0.603. The van der Waals surface area contributed by atoms with E-state index >= 15 is 0 Å². The lowest BCUT2D eigenvalue weighted by Crippen LogP contribution is -2.46. The summed E-state index contributed by atoms with van der Waals surface area (Å²) >= 11 is 0. The SMILES string of the molecule is CCC(NC(=O)C(CC(=O)O)CC(=O)C(CCCSSCC#CC1=CC(C2CC(O)C(COP(=O)(O)OP(=O)(O)OP(=O)(O)O)O2)c2nc(N)[nH]c(=O)c21)NC(C)=O)C(=O)O.CCC(NC(=O)C(CC(=O)O)CC(=O)C(CCCSSCCCC(=O)OCC#Cc1cc(N)nc(=O)n1C1CC(O)C(COP(=O)(O)OP(=O)(O)OP(=O)(O)O)O1)NC(C)=O)C(=O)O. The van der Waals surface area contributed by atoms with E-state index in [1.54, 1.807) is 6.08 Å². The molecule has 5 rings (SSSR count). The molecular weight excluding hydrogens is 1880 g/mol. The molecule has 17 unspecified atom stereocenters. The van der Waals surface area contributed by atoms with Gasteiger partial charge in [0.15, 0.2) is 18.2 Å². The predicted molar refractivity (Wildman–Crippen MR) is 435 cm³/mol. The highest BCUT2D eigenvalue weighted by Gasteiger charge is 2.47. The van der Waals surface area contributed by atoms with Crippen molar-refractivity contribution in [1.29, 1.82) is 0 Å². The van der Waals surface area contributed by atoms with Crippen molar-refractivity contribution in [2.45, 2.75) is 184 Å². The van der Waals surface area contributed by atoms with E-state index in [0.717, 1.165) is 4.57 Å². The van der Waals surface area contributed by atoms with Gasteiger partial charge in [-0.25, -0.2) is 46.8 Å². The molecule has 3 aliphatic rings. The number of ether oxygens (including phenoxy) is 3. The fourth-order valence-electron chi connectivity index (χ4n) is 11.5. The van der Waals surface area contributed by atoms with Crippen molar-refractivity contribution in [3.63, 3.8) is 0 Å². The van der Waals surface area contributed by atoms with Gasteiger partial charge in [-0.3, -0.25) is 66.5 Å². The molecule has 2 aliphatic heterocycles. The molecule has 0 spiro atoms. The van der Waals surface area contributed by atoms with Gasteiger partial charge >= 0.3 is 82.5 Å². The first kappa shape index (κ1) is 110. The van der Waals surface area contributed by atoms with Crippen molar-refractivity contribution in [2.24, 2.45) is 11.8 Å². The van der Waals surface area contributed by atoms with Crippen molar-refractivity contribution in [3.05, 3.63) is 49.9 Å². The van der Waals surface area contributed by atoms with Crippen molar-refractivity contribution in [2.75, 3.05) is 54.3 Å². The standard InChI is InChI=1S/C32H48N5O22P3S2.C31H44N5O20P3S2/c1-3-21(31(45)46)35-30(44)19(14-28(41)42)13-23(39)22(34-18(2)38)8-5-11-63-64-12-6-9-29(43)55-10-4-7-20-15-26(33)36-32(47)37(20)27-16-24(40)25(57-27)17-56-61(51,52)59-62(53,54)58-60(48,49)50;1-3-19(30(44)45)34-28(42)17(12-25(40)41)11-21(38)20(33-15(2)37)7-5-9-61-60-8-4-6-16-10-18(27-26(16)29(43)36-31(32)35-27)23-13-22(39)24(54-23)14-53-58(49,50)56-59(51,52)55-57(46,47)48/h15,19,21-22,24-25,27,40H,3,5-6,8-14,16-17H2,1-2H3,(H,34,38)(H,35,44)(H,41,42)(H,45,46)(H,51,52)(H,53,54)(H2,33,36,47)(H2,48,49,50);10,17-20,22-24,39H,3,5,7-9,11-14H2,1-2H3,(H,33,37)(H,34,42)(H,40,41)(H,44,45)(H,49,50)(H,51,52)(H2,46,47,48)(H3,32,35,36,43). The minimum Gasteiger partial charge on any atom is -0.481 e. The number of fused-ring (bicyclic) bond motifs is 1. The van der Waals surface area contributed by atoms with Crippen LogP contribution in [0.1, 0.15) is 147 Å². The summed E-state index contributed by atoms with van der Waals surface area (Å²) < 4.78 is 110. The van der Waals surface area contributed by atoms with Crippen LogP contribution >= 0.6 is 90.1 Å². The largest absolute Gasteiger partial charge is 0.490 e. The summed E-state index contributed by atoms with van der Waals surface area (Å²) in [6, 6.07) is -3.43. The number of amides is 4. The first-order valence-corrected chi connectivity index (χ1v) is 50.5. The molecular formula is C63H92N10O42P6S4. The third-order valence-electron chi connectivity index (χ3n) is 16.8. The van der Waals surface area contributed by atoms with Crippen LogP contribution in [0, 0.1) is 35.5 Å². The third kappa shape index (κ3) is 41.0. The number of esters is 1. The number of carbonyl (C=O) groups is 11. The molecule has 17 atom stereocenters. The second kappa shape index (κ2) is 51.3. The molecule has 4 heterocycles. The van der Waals surface area contributed by atoms with Gasteiger partial charge < -0.3 is 117 Å². The maximum Gasteiger partial charge on any atom is 0.490 e. The normalized spacial score (nSPS) is 20.6. The van der Waals surface area contributed by atoms with Gasteiger partial charge in [-0.15, -0.1) is 0 Å². The van der Waals surface area contributed by atoms with E-state index in [0.29, 0.717) is 36.5 Å². The van der Waals surface area contributed by atoms with Gasteiger partial charge in [-0.1, -0.05) is 80.9 Å². The van der Waals surface area contributed by atoms with Crippen LogP contribution < -0.4 is 44.0 Å². The average molecular weight is 1980 g/mol. The number of hydrogen-bond donors (Lipinski definition) is 21. The Balaban J connectivity index is 0.000000525. The summed E-state index contributed by atoms with van der Waals surface area (Å²) in [5, 5.41) is 67.6. The highest BCUT2D eigenvalue weighted by molar-refractivity contribution is 8.77. The molecule has 700 valence electrons. The van der Waals surface area contributed by atoms with E-state index in [-0.39, 0.29) is 85.0 Å². The summed E-state index contributed by atoms with van der Waals surface area (Å²) in [7, 11) is -28.4. The molecule has 0 saturated carbocycles. The quantitative estimate of drug-likeness (QED) is 0.0142. The lowest BCUT2D eigenvalue weighted by Gasteiger charge is -2.21. The van der Waals surface area contributed by atoms with Crippen molar-refractivity contribution in [1.82, 2.24) is 40.8 Å². The number of carboxylic acid groups (broad SMARTS) is 4. The van der Waals surface area contributed by atoms with Gasteiger partial charge in [0.2, 0.25) is 29.6 Å². The van der Waals surface area contributed by atoms with Crippen molar-refractivity contribution in [3.8, 4) is 23.7 Å². The van der Waals surface area contributed by atoms with E-state index in [2.05, 4.69) is 86.2 Å². The number of ketones is 2. The van der Waals surface area contributed by atoms with Crippen LogP contribution in [0.2, 0.25) is 0 Å². The fourth-order valence-corrected chi connectivity index (χ4v) is 21.5. The van der Waals surface area contributed by atoms with Gasteiger partial charge in [0.25, 0.3) is 5.56 Å². The average Bonchev–Trinajstić information content (AvgIpc) is 1.61. The maximum absolute atomic E-state index is 13.1. The zero-order valence-electron chi connectivity index (χ0n) is 66.0. The number of rotatable bonds is 52. The summed E-state index contributed by atoms with van der Waals surface area (Å²) in [5.74, 6) is -1.42. The number of aliphatic hydroxyl groups excluding tert-OH is 2. The zero-order chi connectivity index (χ0) is 94.3. The lowest BCUT2D eigenvalue weighted by atomic mass is 9.92. The highest BCUT2D eigenvalue weighted by Crippen LogP contribution is 2.67. The monoisotopic (exact) mass is 1970 g/mol. The van der Waals surface area contributed by atoms with E-state index in [4.69, 9.17) is 45.3 Å². The van der Waals surface area contributed by atoms with Crippen molar-refractivity contribution >= 4 is 172 Å². The number of aromatic nitrogens is 4. The van der Waals surface area contributed by atoms with Gasteiger partial charge in [0.05, 0.1) is 85.3 Å². The Kier molecular flexibility index (Phi) is 45.2. The second-order valence-electron chi connectivity index (χ2n) is 26.7. The number of aliphatic carboxylic acids is 4. The third-order valence-corrected chi connectivity index (χ3v) is 29.2.